The summed E-state index contributed by atoms with van der Waals surface area (Å²) in [4.78, 5) is 25.0. The number of hydrogen-bond acceptors (Lipinski definition) is 2. The van der Waals surface area contributed by atoms with E-state index in [1.54, 1.807) is 12.1 Å². The minimum atomic E-state index is -0.473. The predicted octanol–water partition coefficient (Wildman–Crippen LogP) is 4.68. The second kappa shape index (κ2) is 10.00. The first-order chi connectivity index (χ1) is 12.5. The van der Waals surface area contributed by atoms with Crippen molar-refractivity contribution < 1.29 is 9.59 Å². The Hall–Kier alpha value is -2.30. The molecule has 0 radical (unpaired) electrons. The first kappa shape index (κ1) is 20.0. The summed E-state index contributed by atoms with van der Waals surface area (Å²) in [6.45, 7) is 2.58. The number of carbonyl (C=O) groups excluding carboxylic acids is 2. The Bertz CT molecular complexity index is 805. The first-order valence-electron chi connectivity index (χ1n) is 8.32. The van der Waals surface area contributed by atoms with Crippen LogP contribution in [-0.2, 0) is 4.79 Å². The molecule has 26 heavy (non-hydrogen) atoms. The Morgan fingerprint density at radius 2 is 1.81 bits per heavy atom. The third kappa shape index (κ3) is 5.90. The van der Waals surface area contributed by atoms with Gasteiger partial charge in [0.2, 0.25) is 0 Å². The normalized spacial score (nSPS) is 11.1. The molecule has 2 aromatic rings. The Balaban J connectivity index is 2.24. The number of amides is 2. The second-order valence-corrected chi connectivity index (χ2v) is 6.50. The van der Waals surface area contributed by atoms with Gasteiger partial charge in [-0.25, -0.2) is 0 Å². The predicted molar refractivity (Wildman–Crippen MR) is 106 cm³/mol. The zero-order valence-electron chi connectivity index (χ0n) is 14.4. The summed E-state index contributed by atoms with van der Waals surface area (Å²) in [5.41, 5.74) is 1.20. The van der Waals surface area contributed by atoms with Gasteiger partial charge in [0.15, 0.2) is 0 Å². The van der Waals surface area contributed by atoms with Gasteiger partial charge in [-0.15, -0.1) is 0 Å². The Morgan fingerprint density at radius 1 is 1.08 bits per heavy atom. The zero-order valence-corrected chi connectivity index (χ0v) is 15.9. The van der Waals surface area contributed by atoms with Gasteiger partial charge < -0.3 is 10.6 Å². The maximum Gasteiger partial charge on any atom is 0.267 e. The molecule has 0 spiro atoms. The fraction of sp³-hybridized carbons (Fsp3) is 0.200. The molecule has 0 saturated carbocycles. The van der Waals surface area contributed by atoms with Crippen molar-refractivity contribution in [2.24, 2.45) is 0 Å². The molecule has 0 aliphatic carbocycles. The van der Waals surface area contributed by atoms with Crippen molar-refractivity contribution in [2.75, 3.05) is 6.54 Å². The zero-order chi connectivity index (χ0) is 18.9. The molecule has 0 fully saturated rings. The molecule has 0 unspecified atom stereocenters. The number of benzene rings is 2. The quantitative estimate of drug-likeness (QED) is 0.532. The summed E-state index contributed by atoms with van der Waals surface area (Å²) in [5, 5.41) is 6.12. The molecular weight excluding hydrogens is 371 g/mol. The SMILES string of the molecule is CCCCNC(=O)/C(=C\c1ccccc1)NC(=O)c1ccc(Cl)cc1Cl. The van der Waals surface area contributed by atoms with Crippen molar-refractivity contribution >= 4 is 41.1 Å². The van der Waals surface area contributed by atoms with E-state index in [-0.39, 0.29) is 22.2 Å². The molecule has 2 N–H and O–H groups in total. The van der Waals surface area contributed by atoms with Gasteiger partial charge in [0.25, 0.3) is 11.8 Å². The van der Waals surface area contributed by atoms with Crippen LogP contribution in [0.1, 0.15) is 35.7 Å². The summed E-state index contributed by atoms with van der Waals surface area (Å²) in [7, 11) is 0. The summed E-state index contributed by atoms with van der Waals surface area (Å²) >= 11 is 11.9. The van der Waals surface area contributed by atoms with E-state index in [1.165, 1.54) is 12.1 Å². The Labute approximate surface area is 163 Å². The molecule has 136 valence electrons. The van der Waals surface area contributed by atoms with Crippen molar-refractivity contribution in [2.45, 2.75) is 19.8 Å². The molecule has 2 aromatic carbocycles. The number of nitrogens with one attached hydrogen (secondary N) is 2. The lowest BCUT2D eigenvalue weighted by atomic mass is 10.1. The van der Waals surface area contributed by atoms with Crippen LogP contribution in [0.4, 0.5) is 0 Å². The smallest absolute Gasteiger partial charge is 0.267 e. The van der Waals surface area contributed by atoms with Crippen LogP contribution in [0.3, 0.4) is 0 Å². The fourth-order valence-corrected chi connectivity index (χ4v) is 2.71. The van der Waals surface area contributed by atoms with Crippen molar-refractivity contribution in [3.63, 3.8) is 0 Å². The molecule has 0 heterocycles. The highest BCUT2D eigenvalue weighted by atomic mass is 35.5. The Kier molecular flexibility index (Phi) is 7.70. The average molecular weight is 391 g/mol. The minimum absolute atomic E-state index is 0.156. The van der Waals surface area contributed by atoms with Crippen molar-refractivity contribution in [1.82, 2.24) is 10.6 Å². The lowest BCUT2D eigenvalue weighted by Gasteiger charge is -2.12. The number of rotatable bonds is 7. The van der Waals surface area contributed by atoms with E-state index in [1.807, 2.05) is 37.3 Å². The van der Waals surface area contributed by atoms with E-state index in [9.17, 15) is 9.59 Å². The van der Waals surface area contributed by atoms with E-state index in [0.717, 1.165) is 18.4 Å². The Morgan fingerprint density at radius 3 is 2.46 bits per heavy atom. The van der Waals surface area contributed by atoms with E-state index in [4.69, 9.17) is 23.2 Å². The molecule has 4 nitrogen and oxygen atoms in total. The lowest BCUT2D eigenvalue weighted by molar-refractivity contribution is -0.117. The maximum absolute atomic E-state index is 12.6. The largest absolute Gasteiger partial charge is 0.351 e. The van der Waals surface area contributed by atoms with E-state index < -0.39 is 5.91 Å². The van der Waals surface area contributed by atoms with Gasteiger partial charge in [-0.3, -0.25) is 9.59 Å². The van der Waals surface area contributed by atoms with Gasteiger partial charge in [-0.05, 0) is 36.3 Å². The minimum Gasteiger partial charge on any atom is -0.351 e. The summed E-state index contributed by atoms with van der Waals surface area (Å²) in [5.74, 6) is -0.819. The van der Waals surface area contributed by atoms with Crippen LogP contribution < -0.4 is 10.6 Å². The van der Waals surface area contributed by atoms with E-state index in [2.05, 4.69) is 10.6 Å². The maximum atomic E-state index is 12.6. The molecule has 0 bridgehead atoms. The fourth-order valence-electron chi connectivity index (χ4n) is 2.21. The van der Waals surface area contributed by atoms with Crippen LogP contribution in [-0.4, -0.2) is 18.4 Å². The van der Waals surface area contributed by atoms with Gasteiger partial charge in [0.1, 0.15) is 5.70 Å². The third-order valence-corrected chi connectivity index (χ3v) is 4.14. The van der Waals surface area contributed by atoms with E-state index >= 15 is 0 Å². The molecule has 0 atom stereocenters. The molecular formula is C20H20Cl2N2O2. The third-order valence-electron chi connectivity index (χ3n) is 3.60. The average Bonchev–Trinajstić information content (AvgIpc) is 2.62. The highest BCUT2D eigenvalue weighted by Crippen LogP contribution is 2.21. The molecule has 0 aromatic heterocycles. The second-order valence-electron chi connectivity index (χ2n) is 5.66. The van der Waals surface area contributed by atoms with Crippen LogP contribution in [0.25, 0.3) is 6.08 Å². The van der Waals surface area contributed by atoms with Gasteiger partial charge >= 0.3 is 0 Å². The highest BCUT2D eigenvalue weighted by Gasteiger charge is 2.16. The van der Waals surface area contributed by atoms with Crippen LogP contribution in [0.15, 0.2) is 54.2 Å². The van der Waals surface area contributed by atoms with Crippen LogP contribution in [0, 0.1) is 0 Å². The molecule has 2 rings (SSSR count). The molecule has 6 heteroatoms. The van der Waals surface area contributed by atoms with Gasteiger partial charge in [0, 0.05) is 11.6 Å². The number of halogens is 2. The first-order valence-corrected chi connectivity index (χ1v) is 9.08. The standard InChI is InChI=1S/C20H20Cl2N2O2/c1-2-3-11-23-20(26)18(12-14-7-5-4-6-8-14)24-19(25)16-10-9-15(21)13-17(16)22/h4-10,12-13H,2-3,11H2,1H3,(H,23,26)(H,24,25)/b18-12+. The summed E-state index contributed by atoms with van der Waals surface area (Å²) in [6.07, 6.45) is 3.45. The number of carbonyl (C=O) groups is 2. The summed E-state index contributed by atoms with van der Waals surface area (Å²) < 4.78 is 0. The van der Waals surface area contributed by atoms with Crippen molar-refractivity contribution in [3.05, 3.63) is 75.4 Å². The number of hydrogen-bond donors (Lipinski definition) is 2. The van der Waals surface area contributed by atoms with E-state index in [0.29, 0.717) is 11.6 Å². The monoisotopic (exact) mass is 390 g/mol. The summed E-state index contributed by atoms with van der Waals surface area (Å²) in [6, 6.07) is 13.9. The van der Waals surface area contributed by atoms with Gasteiger partial charge in [0.05, 0.1) is 10.6 Å². The number of unbranched alkanes of at least 4 members (excludes halogenated alkanes) is 1. The van der Waals surface area contributed by atoms with Crippen molar-refractivity contribution in [3.8, 4) is 0 Å². The molecule has 0 aliphatic rings. The molecule has 0 saturated heterocycles. The van der Waals surface area contributed by atoms with Crippen LogP contribution in [0.5, 0.6) is 0 Å². The lowest BCUT2D eigenvalue weighted by Crippen LogP contribution is -2.35. The van der Waals surface area contributed by atoms with Crippen LogP contribution in [0.2, 0.25) is 10.0 Å². The van der Waals surface area contributed by atoms with Crippen LogP contribution >= 0.6 is 23.2 Å². The molecule has 0 aliphatic heterocycles. The van der Waals surface area contributed by atoms with Gasteiger partial charge in [-0.2, -0.15) is 0 Å². The highest BCUT2D eigenvalue weighted by molar-refractivity contribution is 6.36. The van der Waals surface area contributed by atoms with Crippen molar-refractivity contribution in [1.29, 1.82) is 0 Å². The van der Waals surface area contributed by atoms with Gasteiger partial charge in [-0.1, -0.05) is 66.9 Å². The molecule has 2 amide bonds. The topological polar surface area (TPSA) is 58.2 Å².